The summed E-state index contributed by atoms with van der Waals surface area (Å²) < 4.78 is 52.4. The monoisotopic (exact) mass is 662 g/mol. The topological polar surface area (TPSA) is 175 Å². The average molecular weight is 663 g/mol. The van der Waals surface area contributed by atoms with E-state index in [-0.39, 0.29) is 19.8 Å². The van der Waals surface area contributed by atoms with Crippen LogP contribution < -0.4 is 0 Å². The summed E-state index contributed by atoms with van der Waals surface area (Å²) in [7, 11) is 1.30. The van der Waals surface area contributed by atoms with E-state index in [2.05, 4.69) is 0 Å². The molecule has 2 saturated heterocycles. The Labute approximate surface area is 272 Å². The maximum Gasteiger partial charge on any atom is 0.303 e. The number of hydrogen-bond donors (Lipinski definition) is 2. The molecule has 2 aromatic carbocycles. The molecule has 0 amide bonds. The highest BCUT2D eigenvalue weighted by atomic mass is 16.8. The van der Waals surface area contributed by atoms with Crippen molar-refractivity contribution in [2.24, 2.45) is 0 Å². The molecule has 0 aliphatic carbocycles. The van der Waals surface area contributed by atoms with Gasteiger partial charge in [0.05, 0.1) is 26.4 Å². The minimum Gasteiger partial charge on any atom is -0.456 e. The van der Waals surface area contributed by atoms with Crippen molar-refractivity contribution in [1.82, 2.24) is 0 Å². The van der Waals surface area contributed by atoms with Gasteiger partial charge in [-0.1, -0.05) is 60.7 Å². The van der Waals surface area contributed by atoms with E-state index in [1.165, 1.54) is 7.11 Å². The lowest BCUT2D eigenvalue weighted by Gasteiger charge is -2.46. The molecular formula is C33H42O14. The number of ether oxygens (including phenoxy) is 9. The van der Waals surface area contributed by atoms with Crippen molar-refractivity contribution in [1.29, 1.82) is 0 Å². The number of carbonyl (C=O) groups is 3. The van der Waals surface area contributed by atoms with Crippen molar-refractivity contribution in [2.45, 2.75) is 95.4 Å². The van der Waals surface area contributed by atoms with Crippen molar-refractivity contribution in [3.8, 4) is 0 Å². The second-order valence-electron chi connectivity index (χ2n) is 11.1. The summed E-state index contributed by atoms with van der Waals surface area (Å²) in [6.07, 6.45) is -12.0. The third kappa shape index (κ3) is 10.0. The summed E-state index contributed by atoms with van der Waals surface area (Å²) in [4.78, 5) is 36.2. The molecular weight excluding hydrogens is 620 g/mol. The zero-order chi connectivity index (χ0) is 33.9. The number of hydrogen-bond acceptors (Lipinski definition) is 14. The van der Waals surface area contributed by atoms with Gasteiger partial charge in [0.1, 0.15) is 30.5 Å². The standard InChI is InChI=1S/C33H42O14/c1-19(35)43-27-25(47-32(39-4)31(45-21(3)37)29(27)44-20(2)36)18-42-33-30(41-17-23-13-9-6-10-14-23)28(26(38)24(15-34)46-33)40-16-22-11-7-5-8-12-22/h5-14,24-34,38H,15-18H2,1-4H3/t24-,25-,26-,27-,28+,29+,30+,31-,32+,33-/m1/s1. The third-order valence-electron chi connectivity index (χ3n) is 7.52. The Balaban J connectivity index is 1.61. The fourth-order valence-corrected chi connectivity index (χ4v) is 5.44. The number of esters is 3. The Morgan fingerprint density at radius 1 is 0.638 bits per heavy atom. The highest BCUT2D eigenvalue weighted by molar-refractivity contribution is 5.68. The minimum absolute atomic E-state index is 0.108. The summed E-state index contributed by atoms with van der Waals surface area (Å²) in [6.45, 7) is 2.79. The molecule has 0 spiro atoms. The van der Waals surface area contributed by atoms with E-state index in [0.717, 1.165) is 31.9 Å². The Hall–Kier alpha value is -3.47. The maximum atomic E-state index is 12.2. The van der Waals surface area contributed by atoms with Crippen LogP contribution in [0.2, 0.25) is 0 Å². The van der Waals surface area contributed by atoms with Crippen LogP contribution in [0.1, 0.15) is 31.9 Å². The predicted octanol–water partition coefficient (Wildman–Crippen LogP) is 1.42. The molecule has 0 aromatic heterocycles. The van der Waals surface area contributed by atoms with Crippen molar-refractivity contribution < 1.29 is 67.2 Å². The molecule has 14 nitrogen and oxygen atoms in total. The van der Waals surface area contributed by atoms with Gasteiger partial charge in [0.15, 0.2) is 30.9 Å². The normalized spacial score (nSPS) is 30.7. The molecule has 2 aliphatic rings. The molecule has 2 aromatic rings. The van der Waals surface area contributed by atoms with E-state index in [1.54, 1.807) is 0 Å². The molecule has 2 heterocycles. The van der Waals surface area contributed by atoms with E-state index in [9.17, 15) is 24.6 Å². The Bertz CT molecular complexity index is 1280. The molecule has 0 bridgehead atoms. The van der Waals surface area contributed by atoms with Crippen LogP contribution in [0.3, 0.4) is 0 Å². The van der Waals surface area contributed by atoms with E-state index >= 15 is 0 Å². The van der Waals surface area contributed by atoms with Crippen LogP contribution in [0.15, 0.2) is 60.7 Å². The number of aliphatic hydroxyl groups is 2. The van der Waals surface area contributed by atoms with E-state index in [0.29, 0.717) is 0 Å². The summed E-state index contributed by atoms with van der Waals surface area (Å²) in [5.74, 6) is -2.17. The summed E-state index contributed by atoms with van der Waals surface area (Å²) in [5.41, 5.74) is 1.68. The largest absolute Gasteiger partial charge is 0.456 e. The molecule has 10 atom stereocenters. The van der Waals surface area contributed by atoms with Gasteiger partial charge >= 0.3 is 17.9 Å². The van der Waals surface area contributed by atoms with Gasteiger partial charge in [0.2, 0.25) is 0 Å². The number of benzene rings is 2. The van der Waals surface area contributed by atoms with Gasteiger partial charge in [-0.2, -0.15) is 0 Å². The molecule has 2 N–H and O–H groups in total. The number of rotatable bonds is 14. The second kappa shape index (κ2) is 17.6. The molecule has 0 saturated carbocycles. The first-order chi connectivity index (χ1) is 22.6. The number of aliphatic hydroxyl groups excluding tert-OH is 2. The van der Waals surface area contributed by atoms with E-state index < -0.39 is 85.9 Å². The zero-order valence-corrected chi connectivity index (χ0v) is 26.7. The minimum atomic E-state index is -1.32. The van der Waals surface area contributed by atoms with Crippen molar-refractivity contribution >= 4 is 17.9 Å². The van der Waals surface area contributed by atoms with Crippen LogP contribution >= 0.6 is 0 Å². The van der Waals surface area contributed by atoms with Crippen molar-refractivity contribution in [3.05, 3.63) is 71.8 Å². The van der Waals surface area contributed by atoms with E-state index in [1.807, 2.05) is 60.7 Å². The first kappa shape index (κ1) is 36.4. The fraction of sp³-hybridized carbons (Fsp3) is 0.545. The van der Waals surface area contributed by atoms with Crippen molar-refractivity contribution in [2.75, 3.05) is 20.3 Å². The lowest BCUT2D eigenvalue weighted by Crippen LogP contribution is -2.64. The first-order valence-corrected chi connectivity index (χ1v) is 15.2. The molecule has 4 rings (SSSR count). The molecule has 0 unspecified atom stereocenters. The molecule has 2 fully saturated rings. The van der Waals surface area contributed by atoms with Gasteiger partial charge in [0.25, 0.3) is 0 Å². The predicted molar refractivity (Wildman–Crippen MR) is 160 cm³/mol. The Morgan fingerprint density at radius 2 is 1.13 bits per heavy atom. The zero-order valence-electron chi connectivity index (χ0n) is 26.7. The molecule has 258 valence electrons. The summed E-state index contributed by atoms with van der Waals surface area (Å²) >= 11 is 0. The smallest absolute Gasteiger partial charge is 0.303 e. The Kier molecular flexibility index (Phi) is 13.6. The molecule has 2 aliphatic heterocycles. The average Bonchev–Trinajstić information content (AvgIpc) is 3.05. The van der Waals surface area contributed by atoms with Gasteiger partial charge in [-0.05, 0) is 11.1 Å². The SMILES string of the molecule is CO[C@H]1O[C@H](CO[C@@H]2O[C@H](CO)[C@@H](O)[C@H](OCc3ccccc3)[C@@H]2OCc2ccccc2)[C@@H](OC(C)=O)[C@H](OC(C)=O)[C@H]1OC(C)=O. The quantitative estimate of drug-likeness (QED) is 0.219. The molecule has 14 heteroatoms. The molecule has 0 radical (unpaired) electrons. The summed E-state index contributed by atoms with van der Waals surface area (Å²) in [5, 5.41) is 21.3. The number of methoxy groups -OCH3 is 1. The van der Waals surface area contributed by atoms with Gasteiger partial charge < -0.3 is 52.8 Å². The number of carbonyl (C=O) groups excluding carboxylic acids is 3. The van der Waals surface area contributed by atoms with Crippen LogP contribution in [0.5, 0.6) is 0 Å². The van der Waals surface area contributed by atoms with Gasteiger partial charge in [-0.15, -0.1) is 0 Å². The summed E-state index contributed by atoms with van der Waals surface area (Å²) in [6, 6.07) is 18.6. The van der Waals surface area contributed by atoms with Crippen LogP contribution in [0.25, 0.3) is 0 Å². The van der Waals surface area contributed by atoms with Crippen molar-refractivity contribution in [3.63, 3.8) is 0 Å². The third-order valence-corrected chi connectivity index (χ3v) is 7.52. The van der Waals surface area contributed by atoms with Crippen LogP contribution in [-0.4, -0.2) is 110 Å². The van der Waals surface area contributed by atoms with Gasteiger partial charge in [-0.25, -0.2) is 0 Å². The van der Waals surface area contributed by atoms with Crippen LogP contribution in [-0.2, 0) is 70.2 Å². The Morgan fingerprint density at radius 3 is 1.64 bits per heavy atom. The van der Waals surface area contributed by atoms with Gasteiger partial charge in [0, 0.05) is 27.9 Å². The van der Waals surface area contributed by atoms with Gasteiger partial charge in [-0.3, -0.25) is 14.4 Å². The van der Waals surface area contributed by atoms with Crippen LogP contribution in [0.4, 0.5) is 0 Å². The second-order valence-corrected chi connectivity index (χ2v) is 11.1. The van der Waals surface area contributed by atoms with E-state index in [4.69, 9.17) is 42.6 Å². The lowest BCUT2D eigenvalue weighted by atomic mass is 9.97. The molecule has 47 heavy (non-hydrogen) atoms. The maximum absolute atomic E-state index is 12.2. The highest BCUT2D eigenvalue weighted by Crippen LogP contribution is 2.32. The first-order valence-electron chi connectivity index (χ1n) is 15.2. The lowest BCUT2D eigenvalue weighted by molar-refractivity contribution is -0.339. The highest BCUT2D eigenvalue weighted by Gasteiger charge is 2.53. The van der Waals surface area contributed by atoms with Crippen LogP contribution in [0, 0.1) is 0 Å². The fourth-order valence-electron chi connectivity index (χ4n) is 5.44.